The molecule has 0 bridgehead atoms. The Hall–Kier alpha value is -3.02. The number of aryl methyl sites for hydroxylation is 1. The van der Waals surface area contributed by atoms with Crippen molar-refractivity contribution in [3.63, 3.8) is 0 Å². The standard InChI is InChI=1S/C19H17FN4O/c1-25-15-10-13(20)9-14(11-15)22-19-16-3-2-4-17(16)23-18(24-19)12-5-7-21-8-6-12/h5-11H,2-4H2,1H3,(H,22,23,24). The summed E-state index contributed by atoms with van der Waals surface area (Å²) in [6.07, 6.45) is 6.33. The fraction of sp³-hybridized carbons (Fsp3) is 0.211. The molecule has 5 nitrogen and oxygen atoms in total. The maximum atomic E-state index is 13.8. The summed E-state index contributed by atoms with van der Waals surface area (Å²) in [7, 11) is 1.52. The van der Waals surface area contributed by atoms with Gasteiger partial charge in [-0.25, -0.2) is 14.4 Å². The average Bonchev–Trinajstić information content (AvgIpc) is 3.11. The second-order valence-corrected chi connectivity index (χ2v) is 5.92. The van der Waals surface area contributed by atoms with E-state index < -0.39 is 0 Å². The highest BCUT2D eigenvalue weighted by molar-refractivity contribution is 5.66. The fourth-order valence-corrected chi connectivity index (χ4v) is 3.06. The first-order valence-corrected chi connectivity index (χ1v) is 8.15. The fourth-order valence-electron chi connectivity index (χ4n) is 3.06. The van der Waals surface area contributed by atoms with Crippen molar-refractivity contribution < 1.29 is 9.13 Å². The van der Waals surface area contributed by atoms with Gasteiger partial charge in [0.1, 0.15) is 17.4 Å². The summed E-state index contributed by atoms with van der Waals surface area (Å²) in [4.78, 5) is 13.4. The highest BCUT2D eigenvalue weighted by Gasteiger charge is 2.20. The number of rotatable bonds is 4. The molecule has 0 aliphatic heterocycles. The molecule has 126 valence electrons. The van der Waals surface area contributed by atoms with Crippen molar-refractivity contribution in [1.29, 1.82) is 0 Å². The molecule has 0 atom stereocenters. The van der Waals surface area contributed by atoms with Gasteiger partial charge in [0.15, 0.2) is 5.82 Å². The monoisotopic (exact) mass is 336 g/mol. The smallest absolute Gasteiger partial charge is 0.161 e. The van der Waals surface area contributed by atoms with Gasteiger partial charge in [0.25, 0.3) is 0 Å². The SMILES string of the molecule is COc1cc(F)cc(Nc2nc(-c3ccncc3)nc3c2CCC3)c1. The van der Waals surface area contributed by atoms with Crippen LogP contribution in [0.4, 0.5) is 15.9 Å². The highest BCUT2D eigenvalue weighted by Crippen LogP contribution is 2.32. The first kappa shape index (κ1) is 15.5. The summed E-state index contributed by atoms with van der Waals surface area (Å²) in [5.74, 6) is 1.47. The van der Waals surface area contributed by atoms with Crippen molar-refractivity contribution >= 4 is 11.5 Å². The third kappa shape index (κ3) is 3.15. The molecule has 0 saturated carbocycles. The van der Waals surface area contributed by atoms with Crippen molar-refractivity contribution in [1.82, 2.24) is 15.0 Å². The molecule has 1 aromatic carbocycles. The number of halogens is 1. The molecule has 3 aromatic rings. The molecule has 0 unspecified atom stereocenters. The van der Waals surface area contributed by atoms with Crippen LogP contribution in [-0.4, -0.2) is 22.1 Å². The summed E-state index contributed by atoms with van der Waals surface area (Å²) < 4.78 is 18.9. The van der Waals surface area contributed by atoms with Crippen LogP contribution in [-0.2, 0) is 12.8 Å². The molecule has 0 fully saturated rings. The van der Waals surface area contributed by atoms with Crippen molar-refractivity contribution in [2.45, 2.75) is 19.3 Å². The topological polar surface area (TPSA) is 59.9 Å². The van der Waals surface area contributed by atoms with Gasteiger partial charge < -0.3 is 10.1 Å². The van der Waals surface area contributed by atoms with E-state index >= 15 is 0 Å². The minimum Gasteiger partial charge on any atom is -0.497 e. The van der Waals surface area contributed by atoms with E-state index in [1.165, 1.54) is 19.2 Å². The Bertz CT molecular complexity index is 915. The molecule has 25 heavy (non-hydrogen) atoms. The minimum atomic E-state index is -0.359. The van der Waals surface area contributed by atoms with Gasteiger partial charge in [-0.2, -0.15) is 0 Å². The van der Waals surface area contributed by atoms with Gasteiger partial charge in [-0.3, -0.25) is 4.98 Å². The maximum Gasteiger partial charge on any atom is 0.161 e. The number of aromatic nitrogens is 3. The van der Waals surface area contributed by atoms with E-state index in [1.807, 2.05) is 12.1 Å². The Morgan fingerprint density at radius 2 is 1.92 bits per heavy atom. The Labute approximate surface area is 144 Å². The van der Waals surface area contributed by atoms with E-state index in [-0.39, 0.29) is 5.82 Å². The van der Waals surface area contributed by atoms with Crippen LogP contribution in [0.1, 0.15) is 17.7 Å². The van der Waals surface area contributed by atoms with Crippen LogP contribution in [0.5, 0.6) is 5.75 Å². The largest absolute Gasteiger partial charge is 0.497 e. The molecule has 1 aliphatic rings. The molecule has 0 radical (unpaired) electrons. The van der Waals surface area contributed by atoms with Crippen LogP contribution in [0.15, 0.2) is 42.7 Å². The van der Waals surface area contributed by atoms with E-state index in [4.69, 9.17) is 9.72 Å². The van der Waals surface area contributed by atoms with Gasteiger partial charge in [-0.1, -0.05) is 0 Å². The molecule has 2 heterocycles. The van der Waals surface area contributed by atoms with E-state index in [9.17, 15) is 4.39 Å². The van der Waals surface area contributed by atoms with Crippen LogP contribution in [0.25, 0.3) is 11.4 Å². The Morgan fingerprint density at radius 1 is 1.08 bits per heavy atom. The van der Waals surface area contributed by atoms with E-state index in [1.54, 1.807) is 18.5 Å². The Morgan fingerprint density at radius 3 is 2.72 bits per heavy atom. The quantitative estimate of drug-likeness (QED) is 0.782. The van der Waals surface area contributed by atoms with Crippen LogP contribution in [0.2, 0.25) is 0 Å². The second-order valence-electron chi connectivity index (χ2n) is 5.92. The number of fused-ring (bicyclic) bond motifs is 1. The zero-order chi connectivity index (χ0) is 17.2. The van der Waals surface area contributed by atoms with E-state index in [0.29, 0.717) is 17.3 Å². The average molecular weight is 336 g/mol. The summed E-state index contributed by atoms with van der Waals surface area (Å²) >= 11 is 0. The van der Waals surface area contributed by atoms with Crippen LogP contribution < -0.4 is 10.1 Å². The molecule has 1 aliphatic carbocycles. The first-order chi connectivity index (χ1) is 12.2. The van der Waals surface area contributed by atoms with Gasteiger partial charge in [-0.05, 0) is 37.5 Å². The van der Waals surface area contributed by atoms with Crippen molar-refractivity contribution in [2.75, 3.05) is 12.4 Å². The maximum absolute atomic E-state index is 13.8. The summed E-state index contributed by atoms with van der Waals surface area (Å²) in [5.41, 5.74) is 3.66. The molecule has 6 heteroatoms. The van der Waals surface area contributed by atoms with Crippen LogP contribution >= 0.6 is 0 Å². The van der Waals surface area contributed by atoms with Crippen LogP contribution in [0.3, 0.4) is 0 Å². The van der Waals surface area contributed by atoms with E-state index in [0.717, 1.165) is 41.9 Å². The number of methoxy groups -OCH3 is 1. The Kier molecular flexibility index (Phi) is 4.01. The number of benzene rings is 1. The first-order valence-electron chi connectivity index (χ1n) is 8.15. The minimum absolute atomic E-state index is 0.359. The zero-order valence-electron chi connectivity index (χ0n) is 13.8. The predicted molar refractivity (Wildman–Crippen MR) is 93.5 cm³/mol. The molecule has 0 amide bonds. The lowest BCUT2D eigenvalue weighted by molar-refractivity contribution is 0.411. The van der Waals surface area contributed by atoms with Crippen molar-refractivity contribution in [3.05, 3.63) is 59.8 Å². The molecule has 1 N–H and O–H groups in total. The number of hydrogen-bond donors (Lipinski definition) is 1. The summed E-state index contributed by atoms with van der Waals surface area (Å²) in [5, 5.41) is 3.24. The van der Waals surface area contributed by atoms with Gasteiger partial charge >= 0.3 is 0 Å². The van der Waals surface area contributed by atoms with Gasteiger partial charge in [-0.15, -0.1) is 0 Å². The van der Waals surface area contributed by atoms with Crippen molar-refractivity contribution in [2.24, 2.45) is 0 Å². The summed E-state index contributed by atoms with van der Waals surface area (Å²) in [6, 6.07) is 8.28. The lowest BCUT2D eigenvalue weighted by Crippen LogP contribution is -2.04. The molecule has 2 aromatic heterocycles. The number of anilines is 2. The van der Waals surface area contributed by atoms with Crippen molar-refractivity contribution in [3.8, 4) is 17.1 Å². The lowest BCUT2D eigenvalue weighted by Gasteiger charge is -2.13. The zero-order valence-corrected chi connectivity index (χ0v) is 13.8. The third-order valence-electron chi connectivity index (χ3n) is 4.24. The predicted octanol–water partition coefficient (Wildman–Crippen LogP) is 3.92. The molecular formula is C19H17FN4O. The molecule has 0 saturated heterocycles. The number of hydrogen-bond acceptors (Lipinski definition) is 5. The number of nitrogens with zero attached hydrogens (tertiary/aromatic N) is 3. The van der Waals surface area contributed by atoms with E-state index in [2.05, 4.69) is 15.3 Å². The molecular weight excluding hydrogens is 319 g/mol. The Balaban J connectivity index is 1.76. The second kappa shape index (κ2) is 6.47. The number of pyridine rings is 1. The number of nitrogens with one attached hydrogen (secondary N) is 1. The molecule has 4 rings (SSSR count). The van der Waals surface area contributed by atoms with Gasteiger partial charge in [0.05, 0.1) is 7.11 Å². The van der Waals surface area contributed by atoms with Gasteiger partial charge in [0, 0.05) is 47.0 Å². The number of ether oxygens (including phenoxy) is 1. The van der Waals surface area contributed by atoms with Gasteiger partial charge in [0.2, 0.25) is 0 Å². The lowest BCUT2D eigenvalue weighted by atomic mass is 10.2. The normalized spacial score (nSPS) is 12.7. The molecule has 0 spiro atoms. The highest BCUT2D eigenvalue weighted by atomic mass is 19.1. The van der Waals surface area contributed by atoms with Crippen LogP contribution in [0, 0.1) is 5.82 Å². The summed E-state index contributed by atoms with van der Waals surface area (Å²) in [6.45, 7) is 0. The third-order valence-corrected chi connectivity index (χ3v) is 4.24.